The van der Waals surface area contributed by atoms with Gasteiger partial charge >= 0.3 is 0 Å². The maximum Gasteiger partial charge on any atom is 0.266 e. The molecular formula is C23H18Cl2FN3O. The van der Waals surface area contributed by atoms with E-state index in [1.807, 2.05) is 25.1 Å². The van der Waals surface area contributed by atoms with E-state index in [0.717, 1.165) is 11.1 Å². The van der Waals surface area contributed by atoms with Crippen LogP contribution in [-0.4, -0.2) is 9.55 Å². The molecule has 0 aliphatic heterocycles. The number of nitrogens with one attached hydrogen (secondary N) is 1. The van der Waals surface area contributed by atoms with Crippen LogP contribution in [0.1, 0.15) is 17.0 Å². The smallest absolute Gasteiger partial charge is 0.266 e. The summed E-state index contributed by atoms with van der Waals surface area (Å²) in [4.78, 5) is 17.7. The van der Waals surface area contributed by atoms with Crippen LogP contribution in [0.15, 0.2) is 65.5 Å². The molecular weight excluding hydrogens is 424 g/mol. The second-order valence-electron chi connectivity index (χ2n) is 6.87. The molecule has 0 radical (unpaired) electrons. The fourth-order valence-corrected chi connectivity index (χ4v) is 3.92. The molecule has 0 aliphatic rings. The predicted octanol–water partition coefficient (Wildman–Crippen LogP) is 6.08. The van der Waals surface area contributed by atoms with Crippen LogP contribution >= 0.6 is 23.2 Å². The molecule has 3 aromatic carbocycles. The van der Waals surface area contributed by atoms with Crippen LogP contribution in [0.4, 0.5) is 10.1 Å². The lowest BCUT2D eigenvalue weighted by molar-refractivity contribution is 0.457. The Kier molecular flexibility index (Phi) is 5.75. The quantitative estimate of drug-likeness (QED) is 0.407. The second-order valence-corrected chi connectivity index (χ2v) is 7.69. The van der Waals surface area contributed by atoms with Crippen LogP contribution < -0.4 is 10.9 Å². The van der Waals surface area contributed by atoms with Crippen LogP contribution in [0, 0.1) is 6.92 Å². The van der Waals surface area contributed by atoms with Gasteiger partial charge in [0.25, 0.3) is 5.56 Å². The normalized spacial score (nSPS) is 11.1. The summed E-state index contributed by atoms with van der Waals surface area (Å²) < 4.78 is 15.1. The fraction of sp³-hybridized carbons (Fsp3) is 0.130. The molecule has 152 valence electrons. The first-order valence-electron chi connectivity index (χ1n) is 9.34. The van der Waals surface area contributed by atoms with Gasteiger partial charge in [-0.2, -0.15) is 0 Å². The molecule has 0 unspecified atom stereocenters. The van der Waals surface area contributed by atoms with Crippen molar-refractivity contribution >= 4 is 39.8 Å². The Labute approximate surface area is 182 Å². The summed E-state index contributed by atoms with van der Waals surface area (Å²) in [6.07, 6.45) is 0. The minimum atomic E-state index is -0.843. The van der Waals surface area contributed by atoms with E-state index >= 15 is 0 Å². The van der Waals surface area contributed by atoms with Gasteiger partial charge in [-0.3, -0.25) is 9.36 Å². The van der Waals surface area contributed by atoms with Crippen molar-refractivity contribution < 1.29 is 4.39 Å². The van der Waals surface area contributed by atoms with Crippen molar-refractivity contribution in [2.75, 3.05) is 5.32 Å². The van der Waals surface area contributed by atoms with E-state index in [2.05, 4.69) is 10.3 Å². The monoisotopic (exact) mass is 441 g/mol. The maximum absolute atomic E-state index is 13.7. The van der Waals surface area contributed by atoms with Gasteiger partial charge in [0.15, 0.2) is 0 Å². The first-order chi connectivity index (χ1) is 14.5. The number of nitrogens with zero attached hydrogens (tertiary/aromatic N) is 2. The highest BCUT2D eigenvalue weighted by Gasteiger charge is 2.15. The number of hydrogen-bond donors (Lipinski definition) is 1. The van der Waals surface area contributed by atoms with E-state index in [0.29, 0.717) is 38.9 Å². The standard InChI is InChI=1S/C23H18Cl2FN3O/c1-14-5-2-3-8-21(14)29-22(12-26)28-20-10-9-15(11-16(20)23(29)30)27-13-17-18(24)6-4-7-19(17)25/h2-11,27H,12-13H2,1H3. The van der Waals surface area contributed by atoms with Gasteiger partial charge in [0.1, 0.15) is 12.5 Å². The first kappa shape index (κ1) is 20.4. The number of aromatic nitrogens is 2. The van der Waals surface area contributed by atoms with Crippen LogP contribution in [0.2, 0.25) is 10.0 Å². The van der Waals surface area contributed by atoms with Crippen LogP contribution in [0.5, 0.6) is 0 Å². The fourth-order valence-electron chi connectivity index (χ4n) is 3.39. The van der Waals surface area contributed by atoms with E-state index in [9.17, 15) is 9.18 Å². The van der Waals surface area contributed by atoms with Crippen LogP contribution in [0.25, 0.3) is 16.6 Å². The van der Waals surface area contributed by atoms with Gasteiger partial charge in [0.2, 0.25) is 0 Å². The lowest BCUT2D eigenvalue weighted by Gasteiger charge is -2.15. The molecule has 0 bridgehead atoms. The summed E-state index contributed by atoms with van der Waals surface area (Å²) in [5.41, 5.74) is 3.08. The number of halogens is 3. The predicted molar refractivity (Wildman–Crippen MR) is 121 cm³/mol. The third-order valence-corrected chi connectivity index (χ3v) is 5.65. The highest BCUT2D eigenvalue weighted by molar-refractivity contribution is 6.36. The van der Waals surface area contributed by atoms with Gasteiger partial charge in [-0.05, 0) is 48.9 Å². The SMILES string of the molecule is Cc1ccccc1-n1c(CF)nc2ccc(NCc3c(Cl)cccc3Cl)cc2c1=O. The molecule has 4 nitrogen and oxygen atoms in total. The summed E-state index contributed by atoms with van der Waals surface area (Å²) in [5, 5.41) is 4.76. The molecule has 1 heterocycles. The number of para-hydroxylation sites is 1. The zero-order chi connectivity index (χ0) is 21.3. The summed E-state index contributed by atoms with van der Waals surface area (Å²) >= 11 is 12.5. The lowest BCUT2D eigenvalue weighted by atomic mass is 10.1. The zero-order valence-corrected chi connectivity index (χ0v) is 17.6. The Morgan fingerprint density at radius 1 is 1.03 bits per heavy atom. The number of alkyl halides is 1. The van der Waals surface area contributed by atoms with E-state index in [1.54, 1.807) is 42.5 Å². The highest BCUT2D eigenvalue weighted by Crippen LogP contribution is 2.26. The summed E-state index contributed by atoms with van der Waals surface area (Å²) in [6, 6.07) is 17.9. The number of rotatable bonds is 5. The van der Waals surface area contributed by atoms with Crippen molar-refractivity contribution in [3.05, 3.63) is 98.0 Å². The molecule has 0 fully saturated rings. The van der Waals surface area contributed by atoms with E-state index in [1.165, 1.54) is 4.57 Å². The number of anilines is 1. The molecule has 0 amide bonds. The molecule has 1 N–H and O–H groups in total. The molecule has 4 aromatic rings. The number of fused-ring (bicyclic) bond motifs is 1. The van der Waals surface area contributed by atoms with Crippen molar-refractivity contribution in [3.8, 4) is 5.69 Å². The molecule has 7 heteroatoms. The molecule has 4 rings (SSSR count). The Hall–Kier alpha value is -2.89. The topological polar surface area (TPSA) is 46.9 Å². The Bertz CT molecular complexity index is 1280. The summed E-state index contributed by atoms with van der Waals surface area (Å²) in [7, 11) is 0. The van der Waals surface area contributed by atoms with E-state index in [4.69, 9.17) is 23.2 Å². The third-order valence-electron chi connectivity index (χ3n) is 4.94. The molecule has 0 saturated carbocycles. The largest absolute Gasteiger partial charge is 0.381 e. The summed E-state index contributed by atoms with van der Waals surface area (Å²) in [6.45, 7) is 1.43. The van der Waals surface area contributed by atoms with Crippen LogP contribution in [0.3, 0.4) is 0 Å². The van der Waals surface area contributed by atoms with Gasteiger partial charge in [0, 0.05) is 27.8 Å². The van der Waals surface area contributed by atoms with Crippen molar-refractivity contribution in [3.63, 3.8) is 0 Å². The molecule has 1 aromatic heterocycles. The van der Waals surface area contributed by atoms with Crippen molar-refractivity contribution in [1.82, 2.24) is 9.55 Å². The zero-order valence-electron chi connectivity index (χ0n) is 16.1. The minimum absolute atomic E-state index is 0.0744. The number of hydrogen-bond acceptors (Lipinski definition) is 3. The minimum Gasteiger partial charge on any atom is -0.381 e. The Balaban J connectivity index is 1.78. The maximum atomic E-state index is 13.7. The van der Waals surface area contributed by atoms with E-state index in [-0.39, 0.29) is 11.4 Å². The highest BCUT2D eigenvalue weighted by atomic mass is 35.5. The molecule has 0 saturated heterocycles. The van der Waals surface area contributed by atoms with Crippen molar-refractivity contribution in [2.24, 2.45) is 0 Å². The first-order valence-corrected chi connectivity index (χ1v) is 10.1. The molecule has 0 atom stereocenters. The van der Waals surface area contributed by atoms with Gasteiger partial charge in [0.05, 0.1) is 16.6 Å². The van der Waals surface area contributed by atoms with Gasteiger partial charge in [-0.1, -0.05) is 47.5 Å². The van der Waals surface area contributed by atoms with Gasteiger partial charge in [-0.25, -0.2) is 9.37 Å². The van der Waals surface area contributed by atoms with E-state index < -0.39 is 6.67 Å². The molecule has 0 aliphatic carbocycles. The number of benzene rings is 3. The van der Waals surface area contributed by atoms with Gasteiger partial charge < -0.3 is 5.32 Å². The average molecular weight is 442 g/mol. The molecule has 0 spiro atoms. The second kappa shape index (κ2) is 8.46. The van der Waals surface area contributed by atoms with Crippen LogP contribution in [-0.2, 0) is 13.2 Å². The Morgan fingerprint density at radius 3 is 2.47 bits per heavy atom. The lowest BCUT2D eigenvalue weighted by Crippen LogP contribution is -2.24. The van der Waals surface area contributed by atoms with Crippen molar-refractivity contribution in [2.45, 2.75) is 20.1 Å². The molecule has 30 heavy (non-hydrogen) atoms. The number of aryl methyl sites for hydroxylation is 1. The average Bonchev–Trinajstić information content (AvgIpc) is 2.74. The third kappa shape index (κ3) is 3.78. The Morgan fingerprint density at radius 2 is 1.77 bits per heavy atom. The van der Waals surface area contributed by atoms with Crippen molar-refractivity contribution in [1.29, 1.82) is 0 Å². The summed E-state index contributed by atoms with van der Waals surface area (Å²) in [5.74, 6) is 0.0744. The van der Waals surface area contributed by atoms with Gasteiger partial charge in [-0.15, -0.1) is 0 Å².